The van der Waals surface area contributed by atoms with Gasteiger partial charge in [0.25, 0.3) is 0 Å². The van der Waals surface area contributed by atoms with Gasteiger partial charge in [-0.3, -0.25) is 0 Å². The average molecular weight is 280 g/mol. The lowest BCUT2D eigenvalue weighted by Crippen LogP contribution is -2.02. The number of aromatic nitrogens is 2. The molecule has 84 valence electrons. The van der Waals surface area contributed by atoms with Gasteiger partial charge in [0.1, 0.15) is 5.82 Å². The van der Waals surface area contributed by atoms with Gasteiger partial charge in [-0.2, -0.15) is 0 Å². The molecular formula is C12H14BrN3. The highest BCUT2D eigenvalue weighted by molar-refractivity contribution is 9.10. The predicted molar refractivity (Wildman–Crippen MR) is 68.8 cm³/mol. The second-order valence-electron chi connectivity index (χ2n) is 3.66. The van der Waals surface area contributed by atoms with E-state index in [1.165, 1.54) is 0 Å². The van der Waals surface area contributed by atoms with Crippen molar-refractivity contribution in [3.63, 3.8) is 0 Å². The summed E-state index contributed by atoms with van der Waals surface area (Å²) >= 11 is 3.43. The van der Waals surface area contributed by atoms with Gasteiger partial charge in [-0.15, -0.1) is 0 Å². The van der Waals surface area contributed by atoms with Crippen molar-refractivity contribution in [3.05, 3.63) is 46.5 Å². The second kappa shape index (κ2) is 4.80. The van der Waals surface area contributed by atoms with E-state index in [9.17, 15) is 0 Å². The van der Waals surface area contributed by atoms with Crippen molar-refractivity contribution < 1.29 is 0 Å². The summed E-state index contributed by atoms with van der Waals surface area (Å²) in [6, 6.07) is 8.17. The Morgan fingerprint density at radius 2 is 2.00 bits per heavy atom. The Hall–Kier alpha value is -1.13. The normalized spacial score (nSPS) is 10.7. The van der Waals surface area contributed by atoms with Crippen LogP contribution in [0, 0.1) is 6.92 Å². The lowest BCUT2D eigenvalue weighted by molar-refractivity contribution is 0.928. The molecule has 0 fully saturated rings. The fourth-order valence-corrected chi connectivity index (χ4v) is 1.93. The molecule has 0 aliphatic carbocycles. The molecule has 1 aromatic carbocycles. The Morgan fingerprint density at radius 3 is 2.62 bits per heavy atom. The maximum Gasteiger partial charge on any atom is 0.110 e. The van der Waals surface area contributed by atoms with E-state index in [4.69, 9.17) is 5.73 Å². The summed E-state index contributed by atoms with van der Waals surface area (Å²) in [6.45, 7) is 2.64. The van der Waals surface area contributed by atoms with Crippen molar-refractivity contribution in [3.8, 4) is 5.69 Å². The number of halogens is 1. The minimum absolute atomic E-state index is 0.636. The van der Waals surface area contributed by atoms with Gasteiger partial charge in [0.05, 0.1) is 5.69 Å². The fraction of sp³-hybridized carbons (Fsp3) is 0.250. The lowest BCUT2D eigenvalue weighted by Gasteiger charge is -2.04. The van der Waals surface area contributed by atoms with Gasteiger partial charge in [-0.25, -0.2) is 4.98 Å². The van der Waals surface area contributed by atoms with Crippen LogP contribution in [0.4, 0.5) is 0 Å². The Balaban J connectivity index is 2.36. The van der Waals surface area contributed by atoms with Crippen molar-refractivity contribution in [1.29, 1.82) is 0 Å². The van der Waals surface area contributed by atoms with Gasteiger partial charge in [-0.05, 0) is 37.7 Å². The Bertz CT molecular complexity index is 474. The maximum absolute atomic E-state index is 5.52. The minimum Gasteiger partial charge on any atom is -0.330 e. The number of imidazole rings is 1. The molecule has 4 heteroatoms. The van der Waals surface area contributed by atoms with Gasteiger partial charge in [-0.1, -0.05) is 15.9 Å². The van der Waals surface area contributed by atoms with Crippen molar-refractivity contribution in [2.45, 2.75) is 13.3 Å². The molecule has 0 radical (unpaired) electrons. The zero-order chi connectivity index (χ0) is 11.5. The summed E-state index contributed by atoms with van der Waals surface area (Å²) < 4.78 is 3.16. The van der Waals surface area contributed by atoms with Crippen molar-refractivity contribution in [1.82, 2.24) is 9.55 Å². The third-order valence-electron chi connectivity index (χ3n) is 2.44. The number of rotatable bonds is 3. The third-order valence-corrected chi connectivity index (χ3v) is 2.97. The first kappa shape index (κ1) is 11.4. The molecule has 1 heterocycles. The number of nitrogens with zero attached hydrogens (tertiary/aromatic N) is 2. The van der Waals surface area contributed by atoms with Crippen LogP contribution in [0.5, 0.6) is 0 Å². The van der Waals surface area contributed by atoms with E-state index < -0.39 is 0 Å². The van der Waals surface area contributed by atoms with E-state index in [-0.39, 0.29) is 0 Å². The van der Waals surface area contributed by atoms with Gasteiger partial charge in [0, 0.05) is 22.8 Å². The highest BCUT2D eigenvalue weighted by Gasteiger charge is 2.04. The summed E-state index contributed by atoms with van der Waals surface area (Å²) in [5.41, 5.74) is 7.69. The Morgan fingerprint density at radius 1 is 1.31 bits per heavy atom. The summed E-state index contributed by atoms with van der Waals surface area (Å²) in [5, 5.41) is 0. The van der Waals surface area contributed by atoms with Crippen LogP contribution in [0.3, 0.4) is 0 Å². The summed E-state index contributed by atoms with van der Waals surface area (Å²) in [5.74, 6) is 0.991. The SMILES string of the molecule is Cc1nc(CCN)cn1-c1ccc(Br)cc1. The molecule has 3 nitrogen and oxygen atoms in total. The molecule has 0 unspecified atom stereocenters. The molecule has 0 saturated heterocycles. The fourth-order valence-electron chi connectivity index (χ4n) is 1.66. The minimum atomic E-state index is 0.636. The molecule has 0 atom stereocenters. The van der Waals surface area contributed by atoms with Crippen LogP contribution >= 0.6 is 15.9 Å². The molecule has 0 amide bonds. The van der Waals surface area contributed by atoms with Crippen molar-refractivity contribution in [2.24, 2.45) is 5.73 Å². The van der Waals surface area contributed by atoms with Gasteiger partial charge in [0.15, 0.2) is 0 Å². The van der Waals surface area contributed by atoms with Crippen LogP contribution in [0.2, 0.25) is 0 Å². The van der Waals surface area contributed by atoms with E-state index >= 15 is 0 Å². The maximum atomic E-state index is 5.52. The third kappa shape index (κ3) is 2.33. The topological polar surface area (TPSA) is 43.8 Å². The molecule has 2 aromatic rings. The van der Waals surface area contributed by atoms with E-state index in [1.54, 1.807) is 0 Å². The Kier molecular flexibility index (Phi) is 3.41. The van der Waals surface area contributed by atoms with Crippen molar-refractivity contribution in [2.75, 3.05) is 6.54 Å². The summed E-state index contributed by atoms with van der Waals surface area (Å²) in [7, 11) is 0. The molecule has 1 aromatic heterocycles. The first-order chi connectivity index (χ1) is 7.70. The Labute approximate surface area is 103 Å². The molecule has 0 bridgehead atoms. The number of aryl methyl sites for hydroxylation is 1. The lowest BCUT2D eigenvalue weighted by atomic mass is 10.3. The van der Waals surface area contributed by atoms with E-state index in [0.29, 0.717) is 6.54 Å². The van der Waals surface area contributed by atoms with Gasteiger partial charge >= 0.3 is 0 Å². The summed E-state index contributed by atoms with van der Waals surface area (Å²) in [6.07, 6.45) is 2.87. The van der Waals surface area contributed by atoms with E-state index in [1.807, 2.05) is 25.3 Å². The molecule has 0 aliphatic rings. The van der Waals surface area contributed by atoms with Gasteiger partial charge < -0.3 is 10.3 Å². The van der Waals surface area contributed by atoms with Crippen LogP contribution in [0.1, 0.15) is 11.5 Å². The van der Waals surface area contributed by atoms with Crippen LogP contribution in [-0.4, -0.2) is 16.1 Å². The largest absolute Gasteiger partial charge is 0.330 e. The predicted octanol–water partition coefficient (Wildman–Crippen LogP) is 2.44. The second-order valence-corrected chi connectivity index (χ2v) is 4.58. The molecule has 2 rings (SSSR count). The average Bonchev–Trinajstić information content (AvgIpc) is 2.61. The first-order valence-corrected chi connectivity index (χ1v) is 6.01. The smallest absolute Gasteiger partial charge is 0.110 e. The molecule has 0 aliphatic heterocycles. The highest BCUT2D eigenvalue weighted by atomic mass is 79.9. The number of hydrogen-bond acceptors (Lipinski definition) is 2. The van der Waals surface area contributed by atoms with E-state index in [2.05, 4.69) is 37.6 Å². The van der Waals surface area contributed by atoms with Crippen molar-refractivity contribution >= 4 is 15.9 Å². The standard InChI is InChI=1S/C12H14BrN3/c1-9-15-11(6-7-14)8-16(9)12-4-2-10(13)3-5-12/h2-5,8H,6-7,14H2,1H3. The molecule has 2 N–H and O–H groups in total. The van der Waals surface area contributed by atoms with Crippen LogP contribution in [0.15, 0.2) is 34.9 Å². The van der Waals surface area contributed by atoms with Gasteiger partial charge in [0.2, 0.25) is 0 Å². The number of hydrogen-bond donors (Lipinski definition) is 1. The first-order valence-electron chi connectivity index (χ1n) is 5.21. The quantitative estimate of drug-likeness (QED) is 0.938. The zero-order valence-corrected chi connectivity index (χ0v) is 10.7. The van der Waals surface area contributed by atoms with Crippen LogP contribution in [-0.2, 0) is 6.42 Å². The molecule has 16 heavy (non-hydrogen) atoms. The number of benzene rings is 1. The van der Waals surface area contributed by atoms with Crippen LogP contribution in [0.25, 0.3) is 5.69 Å². The zero-order valence-electron chi connectivity index (χ0n) is 9.15. The summed E-state index contributed by atoms with van der Waals surface area (Å²) in [4.78, 5) is 4.47. The molecule has 0 spiro atoms. The highest BCUT2D eigenvalue weighted by Crippen LogP contribution is 2.16. The molecule has 0 saturated carbocycles. The van der Waals surface area contributed by atoms with E-state index in [0.717, 1.165) is 28.1 Å². The molecular weight excluding hydrogens is 266 g/mol. The monoisotopic (exact) mass is 279 g/mol. The number of nitrogens with two attached hydrogens (primary N) is 1. The van der Waals surface area contributed by atoms with Crippen LogP contribution < -0.4 is 5.73 Å².